The lowest BCUT2D eigenvalue weighted by Crippen LogP contribution is -2.10. The van der Waals surface area contributed by atoms with E-state index in [4.69, 9.17) is 5.73 Å². The Balaban J connectivity index is 2.42. The second-order valence-corrected chi connectivity index (χ2v) is 6.24. The molecule has 1 atom stereocenters. The van der Waals surface area contributed by atoms with Crippen LogP contribution in [0.1, 0.15) is 23.4 Å². The summed E-state index contributed by atoms with van der Waals surface area (Å²) in [6, 6.07) is 8.50. The van der Waals surface area contributed by atoms with Gasteiger partial charge in [-0.15, -0.1) is 0 Å². The lowest BCUT2D eigenvalue weighted by atomic mass is 10.1. The lowest BCUT2D eigenvalue weighted by molar-refractivity contribution is 0.402. The second kappa shape index (κ2) is 6.35. The first-order valence-corrected chi connectivity index (χ1v) is 7.51. The van der Waals surface area contributed by atoms with Crippen molar-refractivity contribution >= 4 is 16.5 Å². The Morgan fingerprint density at radius 2 is 2.15 bits per heavy atom. The summed E-state index contributed by atoms with van der Waals surface area (Å²) in [5.41, 5.74) is 9.48. The van der Waals surface area contributed by atoms with Crippen LogP contribution in [0.25, 0.3) is 11.3 Å². The van der Waals surface area contributed by atoms with Crippen LogP contribution in [-0.2, 0) is 6.54 Å². The molecule has 0 radical (unpaired) electrons. The van der Waals surface area contributed by atoms with Gasteiger partial charge in [0.05, 0.1) is 10.6 Å². The van der Waals surface area contributed by atoms with Gasteiger partial charge in [0.1, 0.15) is 0 Å². The Morgan fingerprint density at radius 3 is 2.75 bits per heavy atom. The van der Waals surface area contributed by atoms with Crippen LogP contribution in [0, 0.1) is 0 Å². The van der Waals surface area contributed by atoms with Crippen LogP contribution in [0.3, 0.4) is 0 Å². The molecule has 0 aliphatic heterocycles. The Morgan fingerprint density at radius 1 is 1.40 bits per heavy atom. The van der Waals surface area contributed by atoms with Gasteiger partial charge >= 0.3 is 0 Å². The minimum Gasteiger partial charge on any atom is -0.365 e. The quantitative estimate of drug-likeness (QED) is 0.889. The Kier molecular flexibility index (Phi) is 4.75. The zero-order valence-corrected chi connectivity index (χ0v) is 13.3. The molecule has 5 heteroatoms. The molecule has 0 aliphatic rings. The zero-order valence-electron chi connectivity index (χ0n) is 12.5. The first kappa shape index (κ1) is 15.0. The van der Waals surface area contributed by atoms with Crippen molar-refractivity contribution in [3.8, 4) is 11.3 Å². The third-order valence-electron chi connectivity index (χ3n) is 2.98. The maximum atomic E-state index is 6.07. The summed E-state index contributed by atoms with van der Waals surface area (Å²) in [7, 11) is 6.03. The van der Waals surface area contributed by atoms with Gasteiger partial charge in [-0.3, -0.25) is 0 Å². The van der Waals surface area contributed by atoms with Crippen LogP contribution < -0.4 is 11.1 Å². The highest BCUT2D eigenvalue weighted by Gasteiger charge is 2.15. The van der Waals surface area contributed by atoms with Gasteiger partial charge in [0.25, 0.3) is 0 Å². The minimum absolute atomic E-state index is 0.0119. The summed E-state index contributed by atoms with van der Waals surface area (Å²) >= 11 is 1.62. The van der Waals surface area contributed by atoms with Crippen molar-refractivity contribution in [3.05, 3.63) is 34.7 Å². The molecule has 1 aromatic carbocycles. The normalized spacial score (nSPS) is 12.7. The Labute approximate surface area is 124 Å². The van der Waals surface area contributed by atoms with Gasteiger partial charge in [0.2, 0.25) is 0 Å². The van der Waals surface area contributed by atoms with E-state index in [0.29, 0.717) is 0 Å². The monoisotopic (exact) mass is 290 g/mol. The molecule has 4 nitrogen and oxygen atoms in total. The highest BCUT2D eigenvalue weighted by atomic mass is 32.1. The number of rotatable bonds is 5. The van der Waals surface area contributed by atoms with Crippen LogP contribution in [0.15, 0.2) is 24.3 Å². The number of hydrogen-bond acceptors (Lipinski definition) is 5. The van der Waals surface area contributed by atoms with Crippen molar-refractivity contribution in [2.24, 2.45) is 5.73 Å². The number of hydrogen-bond donors (Lipinski definition) is 2. The summed E-state index contributed by atoms with van der Waals surface area (Å²) in [4.78, 5) is 7.93. The molecular weight excluding hydrogens is 268 g/mol. The van der Waals surface area contributed by atoms with Crippen molar-refractivity contribution in [2.75, 3.05) is 26.5 Å². The predicted octanol–water partition coefficient (Wildman–Crippen LogP) is 2.93. The Hall–Kier alpha value is -1.43. The highest BCUT2D eigenvalue weighted by molar-refractivity contribution is 7.16. The SMILES string of the molecule is CNc1nc(-c2cccc(CN(C)C)c2)c(C(C)N)s1. The molecular formula is C15H22N4S. The molecule has 1 aromatic heterocycles. The number of nitrogens with one attached hydrogen (secondary N) is 1. The van der Waals surface area contributed by atoms with Crippen molar-refractivity contribution in [2.45, 2.75) is 19.5 Å². The number of anilines is 1. The molecule has 1 unspecified atom stereocenters. The third-order valence-corrected chi connectivity index (χ3v) is 4.25. The zero-order chi connectivity index (χ0) is 14.7. The molecule has 0 saturated carbocycles. The first-order valence-electron chi connectivity index (χ1n) is 6.69. The van der Waals surface area contributed by atoms with Gasteiger partial charge in [-0.1, -0.05) is 29.5 Å². The molecule has 0 aliphatic carbocycles. The van der Waals surface area contributed by atoms with E-state index < -0.39 is 0 Å². The van der Waals surface area contributed by atoms with Crippen LogP contribution >= 0.6 is 11.3 Å². The fourth-order valence-electron chi connectivity index (χ4n) is 2.14. The average molecular weight is 290 g/mol. The molecule has 3 N–H and O–H groups in total. The van der Waals surface area contributed by atoms with Crippen LogP contribution in [0.5, 0.6) is 0 Å². The number of aromatic nitrogens is 1. The fourth-order valence-corrected chi connectivity index (χ4v) is 3.03. The van der Waals surface area contributed by atoms with Crippen molar-refractivity contribution in [1.29, 1.82) is 0 Å². The van der Waals surface area contributed by atoms with Gasteiger partial charge in [-0.2, -0.15) is 0 Å². The summed E-state index contributed by atoms with van der Waals surface area (Å²) < 4.78 is 0. The maximum Gasteiger partial charge on any atom is 0.183 e. The largest absolute Gasteiger partial charge is 0.365 e. The van der Waals surface area contributed by atoms with Crippen molar-refractivity contribution < 1.29 is 0 Å². The molecule has 0 fully saturated rings. The smallest absolute Gasteiger partial charge is 0.183 e. The predicted molar refractivity (Wildman–Crippen MR) is 87.1 cm³/mol. The van der Waals surface area contributed by atoms with E-state index >= 15 is 0 Å². The summed E-state index contributed by atoms with van der Waals surface area (Å²) in [6.45, 7) is 2.92. The molecule has 108 valence electrons. The van der Waals surface area contributed by atoms with Gasteiger partial charge in [0, 0.05) is 25.2 Å². The second-order valence-electron chi connectivity index (χ2n) is 5.21. The average Bonchev–Trinajstić information content (AvgIpc) is 2.82. The van der Waals surface area contributed by atoms with E-state index in [1.54, 1.807) is 11.3 Å². The maximum absolute atomic E-state index is 6.07. The van der Waals surface area contributed by atoms with E-state index in [1.165, 1.54) is 5.56 Å². The van der Waals surface area contributed by atoms with Crippen LogP contribution in [0.4, 0.5) is 5.13 Å². The number of nitrogens with two attached hydrogens (primary N) is 1. The lowest BCUT2D eigenvalue weighted by Gasteiger charge is -2.11. The molecule has 0 saturated heterocycles. The highest BCUT2D eigenvalue weighted by Crippen LogP contribution is 2.34. The molecule has 20 heavy (non-hydrogen) atoms. The van der Waals surface area contributed by atoms with Crippen molar-refractivity contribution in [3.63, 3.8) is 0 Å². The van der Waals surface area contributed by atoms with Gasteiger partial charge < -0.3 is 16.0 Å². The number of nitrogens with zero attached hydrogens (tertiary/aromatic N) is 2. The fraction of sp³-hybridized carbons (Fsp3) is 0.400. The van der Waals surface area contributed by atoms with Gasteiger partial charge in [-0.25, -0.2) is 4.98 Å². The van der Waals surface area contributed by atoms with Crippen molar-refractivity contribution in [1.82, 2.24) is 9.88 Å². The Bertz CT molecular complexity index is 575. The summed E-state index contributed by atoms with van der Waals surface area (Å²) in [5, 5.41) is 4.01. The van der Waals surface area contributed by atoms with E-state index in [9.17, 15) is 0 Å². The number of thiazole rings is 1. The van der Waals surface area contributed by atoms with E-state index in [0.717, 1.165) is 27.8 Å². The molecule has 2 rings (SSSR count). The van der Waals surface area contributed by atoms with Crippen LogP contribution in [-0.4, -0.2) is 31.0 Å². The van der Waals surface area contributed by atoms with Gasteiger partial charge in [0.15, 0.2) is 5.13 Å². The standard InChI is InChI=1S/C15H22N4S/c1-10(16)14-13(18-15(17-2)20-14)12-7-5-6-11(8-12)9-19(3)4/h5-8,10H,9,16H2,1-4H3,(H,17,18). The van der Waals surface area contributed by atoms with E-state index in [1.807, 2.05) is 14.0 Å². The molecule has 2 aromatic rings. The molecule has 0 spiro atoms. The third kappa shape index (κ3) is 3.36. The molecule has 0 bridgehead atoms. The number of benzene rings is 1. The first-order chi connectivity index (χ1) is 9.51. The topological polar surface area (TPSA) is 54.2 Å². The van der Waals surface area contributed by atoms with Gasteiger partial charge in [-0.05, 0) is 32.6 Å². The van der Waals surface area contributed by atoms with E-state index in [2.05, 4.69) is 53.6 Å². The minimum atomic E-state index is -0.0119. The van der Waals surface area contributed by atoms with Crippen LogP contribution in [0.2, 0.25) is 0 Å². The summed E-state index contributed by atoms with van der Waals surface area (Å²) in [6.07, 6.45) is 0. The molecule has 1 heterocycles. The summed E-state index contributed by atoms with van der Waals surface area (Å²) in [5.74, 6) is 0. The molecule has 0 amide bonds. The van der Waals surface area contributed by atoms with E-state index in [-0.39, 0.29) is 6.04 Å².